The zero-order valence-electron chi connectivity index (χ0n) is 5.89. The van der Waals surface area contributed by atoms with Crippen molar-refractivity contribution >= 4 is 11.9 Å². The smallest absolute Gasteiger partial charge is 0.550 e. The van der Waals surface area contributed by atoms with Crippen LogP contribution in [0.5, 0.6) is 0 Å². The van der Waals surface area contributed by atoms with Gasteiger partial charge in [0.15, 0.2) is 0 Å². The molecule has 1 atom stereocenters. The van der Waals surface area contributed by atoms with Crippen LogP contribution in [0, 0.1) is 0 Å². The van der Waals surface area contributed by atoms with E-state index >= 15 is 0 Å². The van der Waals surface area contributed by atoms with Gasteiger partial charge in [-0.05, 0) is 6.92 Å². The van der Waals surface area contributed by atoms with Gasteiger partial charge in [0.25, 0.3) is 0 Å². The number of rotatable bonds is 3. The van der Waals surface area contributed by atoms with E-state index < -0.39 is 24.0 Å². The summed E-state index contributed by atoms with van der Waals surface area (Å²) in [7, 11) is 0. The summed E-state index contributed by atoms with van der Waals surface area (Å²) in [5.41, 5.74) is -2.33. The third-order valence-corrected chi connectivity index (χ3v) is 0.928. The molecule has 5 nitrogen and oxygen atoms in total. The Bertz CT molecular complexity index is 167. The Morgan fingerprint density at radius 3 is 1.75 bits per heavy atom. The zero-order chi connectivity index (χ0) is 8.36. The van der Waals surface area contributed by atoms with Crippen molar-refractivity contribution in [3.8, 4) is 0 Å². The van der Waals surface area contributed by atoms with Crippen LogP contribution in [-0.2, 0) is 54.3 Å². The van der Waals surface area contributed by atoms with Gasteiger partial charge < -0.3 is 24.9 Å². The molecule has 0 aromatic rings. The fraction of sp³-hybridized carbons (Fsp3) is 0.600. The minimum atomic E-state index is -2.33. The van der Waals surface area contributed by atoms with E-state index in [4.69, 9.17) is 5.11 Å². The molecule has 0 aromatic heterocycles. The Morgan fingerprint density at radius 2 is 1.67 bits per heavy atom. The average molecular weight is 362 g/mol. The van der Waals surface area contributed by atoms with E-state index in [9.17, 15) is 19.8 Å². The van der Waals surface area contributed by atoms with Gasteiger partial charge in [0.2, 0.25) is 0 Å². The van der Waals surface area contributed by atoms with Gasteiger partial charge in [0.1, 0.15) is 5.60 Å². The van der Waals surface area contributed by atoms with Gasteiger partial charge in [-0.15, -0.1) is 0 Å². The standard InChI is InChI=1S/C5H8O5.2Ag/c1-5(10,4(8)9)2-3(6)7;;/h10H,2H2,1H3,(H,6,7)(H,8,9);;/q;2*+1/p-2. The molecular formula is C5H6Ag2O5. The van der Waals surface area contributed by atoms with Crippen molar-refractivity contribution in [2.75, 3.05) is 0 Å². The van der Waals surface area contributed by atoms with Gasteiger partial charge in [-0.25, -0.2) is 0 Å². The maximum absolute atomic E-state index is 9.90. The monoisotopic (exact) mass is 360 g/mol. The number of hydrogen-bond donors (Lipinski definition) is 1. The molecule has 0 bridgehead atoms. The molecule has 0 fully saturated rings. The second-order valence-corrected chi connectivity index (χ2v) is 2.11. The fourth-order valence-electron chi connectivity index (χ4n) is 0.353. The quantitative estimate of drug-likeness (QED) is 0.529. The number of carbonyl (C=O) groups is 2. The molecule has 0 aliphatic carbocycles. The predicted octanol–water partition coefficient (Wildman–Crippen LogP) is -3.38. The molecule has 1 unspecified atom stereocenters. The first-order valence-electron chi connectivity index (χ1n) is 2.50. The van der Waals surface area contributed by atoms with E-state index in [1.54, 1.807) is 0 Å². The fourth-order valence-corrected chi connectivity index (χ4v) is 0.353. The molecule has 0 rings (SSSR count). The first-order valence-corrected chi connectivity index (χ1v) is 2.50. The predicted molar refractivity (Wildman–Crippen MR) is 25.3 cm³/mol. The molecule has 0 heterocycles. The van der Waals surface area contributed by atoms with Gasteiger partial charge in [-0.3, -0.25) is 0 Å². The summed E-state index contributed by atoms with van der Waals surface area (Å²) in [5.74, 6) is -3.45. The zero-order valence-corrected chi connectivity index (χ0v) is 8.85. The van der Waals surface area contributed by atoms with Crippen LogP contribution in [0.25, 0.3) is 0 Å². The van der Waals surface area contributed by atoms with Gasteiger partial charge >= 0.3 is 44.8 Å². The molecule has 7 heteroatoms. The Labute approximate surface area is 100 Å². The largest absolute Gasteiger partial charge is 1.00 e. The summed E-state index contributed by atoms with van der Waals surface area (Å²) in [4.78, 5) is 19.7. The summed E-state index contributed by atoms with van der Waals surface area (Å²) in [6, 6.07) is 0. The second-order valence-electron chi connectivity index (χ2n) is 2.11. The van der Waals surface area contributed by atoms with E-state index in [1.807, 2.05) is 0 Å². The van der Waals surface area contributed by atoms with E-state index in [2.05, 4.69) is 0 Å². The Balaban J connectivity index is -0.000000405. The molecule has 0 aromatic carbocycles. The van der Waals surface area contributed by atoms with Crippen molar-refractivity contribution in [3.05, 3.63) is 0 Å². The van der Waals surface area contributed by atoms with Crippen molar-refractivity contribution in [2.45, 2.75) is 18.9 Å². The first kappa shape index (κ1) is 18.2. The molecule has 0 saturated carbocycles. The summed E-state index contributed by atoms with van der Waals surface area (Å²) in [5, 5.41) is 28.3. The van der Waals surface area contributed by atoms with Crippen LogP contribution in [0.3, 0.4) is 0 Å². The topological polar surface area (TPSA) is 100 Å². The number of carboxylic acids is 2. The van der Waals surface area contributed by atoms with Crippen LogP contribution in [0.15, 0.2) is 0 Å². The normalized spacial score (nSPS) is 13.2. The summed E-state index contributed by atoms with van der Waals surface area (Å²) in [6.07, 6.45) is -0.963. The van der Waals surface area contributed by atoms with Crippen molar-refractivity contribution in [1.29, 1.82) is 0 Å². The van der Waals surface area contributed by atoms with Crippen LogP contribution < -0.4 is 10.2 Å². The Hall–Kier alpha value is 0.381. The van der Waals surface area contributed by atoms with Gasteiger partial charge in [-0.2, -0.15) is 0 Å². The molecule has 0 amide bonds. The number of carbonyl (C=O) groups excluding carboxylic acids is 2. The van der Waals surface area contributed by atoms with Crippen LogP contribution in [-0.4, -0.2) is 22.6 Å². The summed E-state index contributed by atoms with van der Waals surface area (Å²) >= 11 is 0. The maximum atomic E-state index is 9.90. The van der Waals surface area contributed by atoms with Crippen molar-refractivity contribution in [2.24, 2.45) is 0 Å². The van der Waals surface area contributed by atoms with E-state index in [0.717, 1.165) is 6.92 Å². The average Bonchev–Trinajstić information content (AvgIpc) is 1.60. The Morgan fingerprint density at radius 1 is 1.33 bits per heavy atom. The molecule has 12 heavy (non-hydrogen) atoms. The third kappa shape index (κ3) is 7.05. The molecule has 0 aliphatic heterocycles. The van der Waals surface area contributed by atoms with Gasteiger partial charge in [0, 0.05) is 12.4 Å². The van der Waals surface area contributed by atoms with Crippen molar-refractivity contribution in [3.63, 3.8) is 0 Å². The molecule has 1 N–H and O–H groups in total. The van der Waals surface area contributed by atoms with Crippen LogP contribution >= 0.6 is 0 Å². The SMILES string of the molecule is CC(O)(CC(=O)[O-])C(=O)[O-].[Ag+].[Ag+]. The van der Waals surface area contributed by atoms with Crippen LogP contribution in [0.2, 0.25) is 0 Å². The Kier molecular flexibility index (Phi) is 10.4. The molecule has 0 spiro atoms. The molecule has 0 radical (unpaired) electrons. The van der Waals surface area contributed by atoms with Gasteiger partial charge in [0.05, 0.1) is 5.97 Å². The number of aliphatic carboxylic acids is 2. The molecule has 0 aliphatic rings. The van der Waals surface area contributed by atoms with Gasteiger partial charge in [-0.1, -0.05) is 0 Å². The molecule has 78 valence electrons. The summed E-state index contributed by atoms with van der Waals surface area (Å²) in [6.45, 7) is 0.831. The van der Waals surface area contributed by atoms with Crippen molar-refractivity contribution in [1.82, 2.24) is 0 Å². The minimum Gasteiger partial charge on any atom is -0.550 e. The number of aliphatic hydroxyl groups is 1. The first-order chi connectivity index (χ1) is 4.36. The second kappa shape index (κ2) is 6.85. The number of carboxylic acid groups (broad SMARTS) is 2. The van der Waals surface area contributed by atoms with Crippen molar-refractivity contribution < 1.29 is 69.7 Å². The molecular weight excluding hydrogens is 356 g/mol. The van der Waals surface area contributed by atoms with E-state index in [0.29, 0.717) is 0 Å². The third-order valence-electron chi connectivity index (χ3n) is 0.928. The molecule has 0 saturated heterocycles. The maximum Gasteiger partial charge on any atom is 1.00 e. The number of hydrogen-bond acceptors (Lipinski definition) is 5. The van der Waals surface area contributed by atoms with Crippen LogP contribution in [0.1, 0.15) is 13.3 Å². The summed E-state index contributed by atoms with van der Waals surface area (Å²) < 4.78 is 0. The van der Waals surface area contributed by atoms with E-state index in [-0.39, 0.29) is 44.8 Å². The van der Waals surface area contributed by atoms with E-state index in [1.165, 1.54) is 0 Å². The minimum absolute atomic E-state index is 0. The van der Waals surface area contributed by atoms with Crippen LogP contribution in [0.4, 0.5) is 0 Å².